The van der Waals surface area contributed by atoms with Gasteiger partial charge in [0.15, 0.2) is 11.5 Å². The summed E-state index contributed by atoms with van der Waals surface area (Å²) < 4.78 is 9.93. The molecule has 0 aliphatic carbocycles. The summed E-state index contributed by atoms with van der Waals surface area (Å²) in [6.45, 7) is 1.98. The average molecular weight is 524 g/mol. The summed E-state index contributed by atoms with van der Waals surface area (Å²) >= 11 is 0. The Labute approximate surface area is 228 Å². The van der Waals surface area contributed by atoms with Crippen molar-refractivity contribution in [2.24, 2.45) is 0 Å². The van der Waals surface area contributed by atoms with Crippen LogP contribution in [0.3, 0.4) is 0 Å². The van der Waals surface area contributed by atoms with Crippen LogP contribution in [0.5, 0.6) is 17.5 Å². The minimum Gasteiger partial charge on any atom is -0.507 e. The van der Waals surface area contributed by atoms with Gasteiger partial charge >= 0.3 is 0 Å². The molecule has 192 valence electrons. The molecular formula is C31H21N7O2. The second kappa shape index (κ2) is 8.47. The Morgan fingerprint density at radius 2 is 1.68 bits per heavy atom. The van der Waals surface area contributed by atoms with Crippen molar-refractivity contribution in [3.8, 4) is 34.6 Å². The first-order valence-electron chi connectivity index (χ1n) is 12.9. The second-order valence-electron chi connectivity index (χ2n) is 9.76. The molecule has 1 aliphatic heterocycles. The third kappa shape index (κ3) is 3.31. The zero-order valence-electron chi connectivity index (χ0n) is 21.3. The van der Waals surface area contributed by atoms with Crippen molar-refractivity contribution in [2.75, 3.05) is 0 Å². The highest BCUT2D eigenvalue weighted by atomic mass is 16.5. The van der Waals surface area contributed by atoms with Gasteiger partial charge in [0.2, 0.25) is 11.8 Å². The van der Waals surface area contributed by atoms with E-state index in [1.165, 1.54) is 0 Å². The average Bonchev–Trinajstić information content (AvgIpc) is 3.57. The van der Waals surface area contributed by atoms with Gasteiger partial charge in [0, 0.05) is 12.4 Å². The molecule has 1 aliphatic rings. The molecule has 1 N–H and O–H groups in total. The first kappa shape index (κ1) is 22.4. The van der Waals surface area contributed by atoms with E-state index in [2.05, 4.69) is 9.97 Å². The van der Waals surface area contributed by atoms with E-state index in [-0.39, 0.29) is 11.7 Å². The minimum absolute atomic E-state index is 0.110. The van der Waals surface area contributed by atoms with E-state index in [9.17, 15) is 5.11 Å². The van der Waals surface area contributed by atoms with Crippen molar-refractivity contribution in [1.82, 2.24) is 34.3 Å². The van der Waals surface area contributed by atoms with Crippen LogP contribution in [-0.4, -0.2) is 39.5 Å². The predicted octanol–water partition coefficient (Wildman–Crippen LogP) is 5.83. The summed E-state index contributed by atoms with van der Waals surface area (Å²) in [5.41, 5.74) is 5.47. The first-order chi connectivity index (χ1) is 19.7. The number of fused-ring (bicyclic) bond motifs is 5. The van der Waals surface area contributed by atoms with E-state index in [0.717, 1.165) is 38.8 Å². The van der Waals surface area contributed by atoms with Gasteiger partial charge in [-0.3, -0.25) is 4.98 Å². The molecule has 1 atom stereocenters. The van der Waals surface area contributed by atoms with Crippen LogP contribution in [0.25, 0.3) is 33.5 Å². The smallest absolute Gasteiger partial charge is 0.230 e. The van der Waals surface area contributed by atoms with Crippen LogP contribution in [0.1, 0.15) is 28.3 Å². The third-order valence-corrected chi connectivity index (χ3v) is 7.34. The number of hydrogen-bond donors (Lipinski definition) is 1. The Morgan fingerprint density at radius 3 is 2.48 bits per heavy atom. The van der Waals surface area contributed by atoms with Crippen LogP contribution in [0.15, 0.2) is 97.6 Å². The lowest BCUT2D eigenvalue weighted by Crippen LogP contribution is -2.16. The maximum Gasteiger partial charge on any atom is 0.230 e. The molecule has 0 saturated carbocycles. The van der Waals surface area contributed by atoms with Gasteiger partial charge < -0.3 is 9.84 Å². The largest absolute Gasteiger partial charge is 0.507 e. The second-order valence-corrected chi connectivity index (χ2v) is 9.76. The number of benzene rings is 3. The predicted molar refractivity (Wildman–Crippen MR) is 149 cm³/mol. The first-order valence-corrected chi connectivity index (χ1v) is 12.9. The molecule has 0 radical (unpaired) electrons. The molecule has 40 heavy (non-hydrogen) atoms. The van der Waals surface area contributed by atoms with Gasteiger partial charge in [-0.15, -0.1) is 5.10 Å². The number of aromatic hydroxyl groups is 1. The van der Waals surface area contributed by atoms with E-state index in [0.29, 0.717) is 28.8 Å². The molecule has 0 bridgehead atoms. The molecule has 0 unspecified atom stereocenters. The summed E-state index contributed by atoms with van der Waals surface area (Å²) in [6, 6.07) is 25.3. The summed E-state index contributed by atoms with van der Waals surface area (Å²) in [7, 11) is 0. The number of ether oxygens (including phenoxy) is 1. The molecular weight excluding hydrogens is 502 g/mol. The Hall–Kier alpha value is -5.57. The maximum atomic E-state index is 10.9. The summed E-state index contributed by atoms with van der Waals surface area (Å²) in [5.74, 6) is 1.23. The fourth-order valence-electron chi connectivity index (χ4n) is 5.52. The lowest BCUT2D eigenvalue weighted by Gasteiger charge is -2.26. The summed E-state index contributed by atoms with van der Waals surface area (Å²) in [4.78, 5) is 14.0. The molecule has 0 amide bonds. The van der Waals surface area contributed by atoms with Crippen LogP contribution < -0.4 is 4.74 Å². The van der Waals surface area contributed by atoms with Crippen molar-refractivity contribution in [3.63, 3.8) is 0 Å². The molecule has 0 spiro atoms. The van der Waals surface area contributed by atoms with Crippen molar-refractivity contribution in [2.45, 2.75) is 12.8 Å². The molecule has 3 aromatic carbocycles. The maximum absolute atomic E-state index is 10.9. The number of aromatic nitrogens is 7. The monoisotopic (exact) mass is 523 g/mol. The number of para-hydroxylation sites is 1. The van der Waals surface area contributed by atoms with Crippen molar-refractivity contribution < 1.29 is 9.84 Å². The highest BCUT2D eigenvalue weighted by Crippen LogP contribution is 2.49. The molecule has 4 aromatic heterocycles. The lowest BCUT2D eigenvalue weighted by molar-refractivity contribution is 0.402. The van der Waals surface area contributed by atoms with Crippen LogP contribution in [0.4, 0.5) is 0 Å². The van der Waals surface area contributed by atoms with Crippen LogP contribution in [0.2, 0.25) is 0 Å². The van der Waals surface area contributed by atoms with Gasteiger partial charge in [-0.05, 0) is 53.6 Å². The number of hydrogen-bond acceptors (Lipinski definition) is 7. The molecule has 0 fully saturated rings. The van der Waals surface area contributed by atoms with Gasteiger partial charge in [-0.25, -0.2) is 19.2 Å². The van der Waals surface area contributed by atoms with Gasteiger partial charge in [0.1, 0.15) is 12.1 Å². The Bertz CT molecular complexity index is 2070. The number of phenolic OH excluding ortho intramolecular Hbond substituents is 1. The molecule has 9 nitrogen and oxygen atoms in total. The number of aryl methyl sites for hydroxylation is 1. The topological polar surface area (TPSA) is 103 Å². The highest BCUT2D eigenvalue weighted by molar-refractivity contribution is 5.89. The van der Waals surface area contributed by atoms with Crippen molar-refractivity contribution >= 4 is 16.4 Å². The molecule has 7 aromatic rings. The van der Waals surface area contributed by atoms with Crippen LogP contribution in [0, 0.1) is 6.92 Å². The zero-order valence-corrected chi connectivity index (χ0v) is 21.3. The SMILES string of the molecule is Cc1nn(-c2ccccc2)c2c1[C@H](c1cccnc1)c1c(ncn3nc(-c4cc5ccccc5cc4O)nc13)O2. The minimum atomic E-state index is -0.302. The molecule has 9 heteroatoms. The normalized spacial score (nSPS) is 14.2. The fourth-order valence-corrected chi connectivity index (χ4v) is 5.52. The highest BCUT2D eigenvalue weighted by Gasteiger charge is 2.38. The van der Waals surface area contributed by atoms with E-state index >= 15 is 0 Å². The van der Waals surface area contributed by atoms with E-state index in [1.807, 2.05) is 90.6 Å². The number of pyridine rings is 1. The van der Waals surface area contributed by atoms with E-state index in [4.69, 9.17) is 19.9 Å². The molecule has 8 rings (SSSR count). The lowest BCUT2D eigenvalue weighted by atomic mass is 9.85. The third-order valence-electron chi connectivity index (χ3n) is 7.34. The van der Waals surface area contributed by atoms with Gasteiger partial charge in [0.05, 0.1) is 34.0 Å². The van der Waals surface area contributed by atoms with Crippen molar-refractivity contribution in [1.29, 1.82) is 0 Å². The summed E-state index contributed by atoms with van der Waals surface area (Å²) in [6.07, 6.45) is 5.18. The Morgan fingerprint density at radius 1 is 0.875 bits per heavy atom. The number of rotatable bonds is 3. The summed E-state index contributed by atoms with van der Waals surface area (Å²) in [5, 5.41) is 22.4. The van der Waals surface area contributed by atoms with E-state index in [1.54, 1.807) is 23.1 Å². The van der Waals surface area contributed by atoms with Gasteiger partial charge in [-0.1, -0.05) is 48.5 Å². The molecule has 5 heterocycles. The van der Waals surface area contributed by atoms with Gasteiger partial charge in [-0.2, -0.15) is 5.10 Å². The Balaban J connectivity index is 1.37. The molecule has 0 saturated heterocycles. The number of phenols is 1. The van der Waals surface area contributed by atoms with E-state index < -0.39 is 0 Å². The standard InChI is InChI=1S/C31H21N7O2/c1-18-25-26(21-10-7-13-32-16-21)27-29-34-28(23-14-19-8-5-6-9-20(19)15-24(23)39)36-37(29)17-33-30(27)40-31(25)38(35-18)22-11-3-2-4-12-22/h2-17,26,39H,1H3/t26-/m0/s1. The quantitative estimate of drug-likeness (QED) is 0.311. The van der Waals surface area contributed by atoms with Crippen LogP contribution in [-0.2, 0) is 0 Å². The van der Waals surface area contributed by atoms with Gasteiger partial charge in [0.25, 0.3) is 0 Å². The van der Waals surface area contributed by atoms with Crippen molar-refractivity contribution in [3.05, 3.63) is 120 Å². The fraction of sp³-hybridized carbons (Fsp3) is 0.0645. The number of nitrogens with zero attached hydrogens (tertiary/aromatic N) is 7. The zero-order chi connectivity index (χ0) is 26.8. The Kier molecular flexibility index (Phi) is 4.75. The van der Waals surface area contributed by atoms with Crippen LogP contribution >= 0.6 is 0 Å².